The molecule has 2 aliphatic heterocycles. The van der Waals surface area contributed by atoms with Gasteiger partial charge in [-0.25, -0.2) is 0 Å². The minimum Gasteiger partial charge on any atom is -0.457 e. The maximum atomic E-state index is 6.56. The van der Waals surface area contributed by atoms with E-state index in [9.17, 15) is 0 Å². The molecule has 0 N–H and O–H groups in total. The number of hydrogen-bond acceptors (Lipinski definition) is 3. The maximum absolute atomic E-state index is 6.56. The summed E-state index contributed by atoms with van der Waals surface area (Å²) in [6.07, 6.45) is 4.92. The van der Waals surface area contributed by atoms with Crippen LogP contribution in [0.25, 0.3) is 0 Å². The van der Waals surface area contributed by atoms with Gasteiger partial charge in [0.25, 0.3) is 6.71 Å². The molecule has 0 unspecified atom stereocenters. The second-order valence-electron chi connectivity index (χ2n) is 16.1. The molecule has 4 aromatic rings. The van der Waals surface area contributed by atoms with Crippen LogP contribution in [0.5, 0.6) is 11.5 Å². The van der Waals surface area contributed by atoms with Crippen molar-refractivity contribution in [3.63, 3.8) is 0 Å². The summed E-state index contributed by atoms with van der Waals surface area (Å²) >= 11 is 0. The number of pyridine rings is 1. The average molecular weight is 555 g/mol. The van der Waals surface area contributed by atoms with Gasteiger partial charge in [0.2, 0.25) is 0 Å². The zero-order valence-corrected chi connectivity index (χ0v) is 26.9. The average Bonchev–Trinajstić information content (AvgIpc) is 3.08. The normalized spacial score (nSPS) is 17.7. The van der Waals surface area contributed by atoms with Crippen molar-refractivity contribution in [3.05, 3.63) is 89.2 Å². The Bertz CT molecular complexity index is 1740. The van der Waals surface area contributed by atoms with Gasteiger partial charge in [-0.3, -0.25) is 4.98 Å². The summed E-state index contributed by atoms with van der Waals surface area (Å²) in [7, 11) is 0. The van der Waals surface area contributed by atoms with E-state index in [-0.39, 0.29) is 28.4 Å². The minimum absolute atomic E-state index is 0.0201. The van der Waals surface area contributed by atoms with E-state index in [0.717, 1.165) is 17.9 Å². The summed E-state index contributed by atoms with van der Waals surface area (Å²) in [5.74, 6) is 1.79. The number of anilines is 3. The van der Waals surface area contributed by atoms with E-state index in [4.69, 9.17) is 4.74 Å². The number of nitrogens with zero attached hydrogens (tertiary/aromatic N) is 2. The molecule has 7 rings (SSSR count). The van der Waals surface area contributed by atoms with Crippen molar-refractivity contribution in [3.8, 4) is 11.5 Å². The van der Waals surface area contributed by atoms with Crippen molar-refractivity contribution in [1.29, 1.82) is 0 Å². The number of benzene rings is 3. The Morgan fingerprint density at radius 2 is 1.38 bits per heavy atom. The molecule has 214 valence electrons. The molecule has 1 aliphatic carbocycles. The van der Waals surface area contributed by atoms with Gasteiger partial charge in [-0.1, -0.05) is 87.4 Å². The van der Waals surface area contributed by atoms with Gasteiger partial charge in [0.05, 0.1) is 6.20 Å². The third-order valence-corrected chi connectivity index (χ3v) is 9.89. The van der Waals surface area contributed by atoms with E-state index in [0.29, 0.717) is 0 Å². The van der Waals surface area contributed by atoms with Gasteiger partial charge in [-0.15, -0.1) is 0 Å². The van der Waals surface area contributed by atoms with Crippen LogP contribution in [-0.4, -0.2) is 11.7 Å². The molecule has 0 saturated carbocycles. The largest absolute Gasteiger partial charge is 0.457 e. The van der Waals surface area contributed by atoms with Gasteiger partial charge < -0.3 is 9.64 Å². The number of rotatable bonds is 1. The van der Waals surface area contributed by atoms with Gasteiger partial charge in [-0.2, -0.15) is 0 Å². The molecule has 0 bridgehead atoms. The predicted molar refractivity (Wildman–Crippen MR) is 178 cm³/mol. The maximum Gasteiger partial charge on any atom is 0.256 e. The Hall–Kier alpha value is -3.53. The molecule has 3 heterocycles. The smallest absolute Gasteiger partial charge is 0.256 e. The summed E-state index contributed by atoms with van der Waals surface area (Å²) < 4.78 is 6.56. The molecule has 3 aromatic carbocycles. The minimum atomic E-state index is 0.0201. The molecule has 42 heavy (non-hydrogen) atoms. The van der Waals surface area contributed by atoms with E-state index >= 15 is 0 Å². The third-order valence-electron chi connectivity index (χ3n) is 9.89. The lowest BCUT2D eigenvalue weighted by Crippen LogP contribution is -2.59. The van der Waals surface area contributed by atoms with Crippen LogP contribution in [-0.2, 0) is 21.7 Å². The van der Waals surface area contributed by atoms with Crippen LogP contribution in [0.2, 0.25) is 0 Å². The van der Waals surface area contributed by atoms with Crippen LogP contribution in [0, 0.1) is 0 Å². The topological polar surface area (TPSA) is 25.4 Å². The third kappa shape index (κ3) is 3.97. The van der Waals surface area contributed by atoms with Crippen LogP contribution >= 0.6 is 0 Å². The van der Waals surface area contributed by atoms with Crippen LogP contribution in [0.1, 0.15) is 97.9 Å². The summed E-state index contributed by atoms with van der Waals surface area (Å²) in [6, 6.07) is 21.0. The van der Waals surface area contributed by atoms with Crippen molar-refractivity contribution in [2.75, 3.05) is 4.90 Å². The molecule has 0 fully saturated rings. The Morgan fingerprint density at radius 1 is 0.738 bits per heavy atom. The molecule has 0 amide bonds. The predicted octanol–water partition coefficient (Wildman–Crippen LogP) is 8.04. The van der Waals surface area contributed by atoms with Gasteiger partial charge >= 0.3 is 0 Å². The molecule has 0 saturated heterocycles. The van der Waals surface area contributed by atoms with Crippen molar-refractivity contribution in [2.45, 2.75) is 97.3 Å². The number of ether oxygens (including phenoxy) is 1. The monoisotopic (exact) mass is 554 g/mol. The fraction of sp³-hybridized carbons (Fsp3) is 0.395. The number of hydrogen-bond donors (Lipinski definition) is 0. The first-order valence-electron chi connectivity index (χ1n) is 15.5. The van der Waals surface area contributed by atoms with Crippen molar-refractivity contribution in [2.24, 2.45) is 0 Å². The second kappa shape index (κ2) is 8.52. The van der Waals surface area contributed by atoms with Crippen molar-refractivity contribution < 1.29 is 4.74 Å². The molecular formula is C38H43BN2O. The fourth-order valence-corrected chi connectivity index (χ4v) is 7.88. The molecule has 0 spiro atoms. The standard InChI is InChI=1S/C38H43BN2O/c1-35(2,3)23-16-24(36(4,5)6)18-25(17-23)41-30-12-11-13-32-34(30)39(28-14-15-40-21-33(28)42-32)29-19-26-27(20-31(29)41)38(9,10)22-37(26,7)8/h11-21H,22H2,1-10H3. The first-order valence-corrected chi connectivity index (χ1v) is 15.5. The van der Waals surface area contributed by atoms with Crippen LogP contribution in [0.4, 0.5) is 17.1 Å². The Balaban J connectivity index is 1.59. The first kappa shape index (κ1) is 27.3. The van der Waals surface area contributed by atoms with Gasteiger partial charge in [0.1, 0.15) is 11.5 Å². The molecule has 4 heteroatoms. The van der Waals surface area contributed by atoms with Crippen LogP contribution in [0.15, 0.2) is 67.0 Å². The number of fused-ring (bicyclic) bond motifs is 5. The van der Waals surface area contributed by atoms with Crippen LogP contribution in [0.3, 0.4) is 0 Å². The highest BCUT2D eigenvalue weighted by Crippen LogP contribution is 2.52. The molecular weight excluding hydrogens is 511 g/mol. The fourth-order valence-electron chi connectivity index (χ4n) is 7.88. The van der Waals surface area contributed by atoms with Gasteiger partial charge in [-0.05, 0) is 103 Å². The first-order chi connectivity index (χ1) is 19.6. The Kier molecular flexibility index (Phi) is 5.54. The summed E-state index contributed by atoms with van der Waals surface area (Å²) in [6.45, 7) is 23.7. The zero-order valence-electron chi connectivity index (χ0n) is 26.9. The van der Waals surface area contributed by atoms with Gasteiger partial charge in [0.15, 0.2) is 0 Å². The summed E-state index contributed by atoms with van der Waals surface area (Å²) in [5.41, 5.74) is 13.4. The van der Waals surface area contributed by atoms with Gasteiger partial charge in [0, 0.05) is 23.3 Å². The zero-order chi connectivity index (χ0) is 30.0. The summed E-state index contributed by atoms with van der Waals surface area (Å²) in [4.78, 5) is 6.96. The van der Waals surface area contributed by atoms with E-state index in [1.807, 2.05) is 12.4 Å². The Labute approximate surface area is 252 Å². The Morgan fingerprint density at radius 3 is 2.02 bits per heavy atom. The molecule has 0 radical (unpaired) electrons. The lowest BCUT2D eigenvalue weighted by atomic mass is 9.34. The molecule has 3 aliphatic rings. The van der Waals surface area contributed by atoms with Crippen LogP contribution < -0.4 is 26.0 Å². The highest BCUT2D eigenvalue weighted by molar-refractivity contribution is 6.99. The second-order valence-corrected chi connectivity index (χ2v) is 16.1. The SMILES string of the molecule is CC(C)(C)c1cc(N2c3cc4c(cc3B3c5ccncc5Oc5cccc2c53)C(C)(C)CC4(C)C)cc(C(C)(C)C)c1. The van der Waals surface area contributed by atoms with E-state index < -0.39 is 0 Å². The lowest BCUT2D eigenvalue weighted by Gasteiger charge is -2.41. The van der Waals surface area contributed by atoms with Crippen molar-refractivity contribution >= 4 is 40.2 Å². The van der Waals surface area contributed by atoms with E-state index in [2.05, 4.69) is 134 Å². The van der Waals surface area contributed by atoms with E-state index in [1.165, 1.54) is 55.7 Å². The molecule has 0 atom stereocenters. The highest BCUT2D eigenvalue weighted by atomic mass is 16.5. The molecule has 1 aromatic heterocycles. The number of aromatic nitrogens is 1. The quantitative estimate of drug-likeness (QED) is 0.192. The van der Waals surface area contributed by atoms with Crippen molar-refractivity contribution in [1.82, 2.24) is 4.98 Å². The summed E-state index contributed by atoms with van der Waals surface area (Å²) in [5, 5.41) is 0. The highest BCUT2D eigenvalue weighted by Gasteiger charge is 2.47. The lowest BCUT2D eigenvalue weighted by molar-refractivity contribution is 0.403. The van der Waals surface area contributed by atoms with E-state index in [1.54, 1.807) is 0 Å². The molecule has 3 nitrogen and oxygen atoms in total.